The molecule has 0 amide bonds. The summed E-state index contributed by atoms with van der Waals surface area (Å²) >= 11 is 11.4. The quantitative estimate of drug-likeness (QED) is 0.677. The topological polar surface area (TPSA) is 24.4 Å². The molecule has 1 N–H and O–H groups in total. The molecule has 0 spiro atoms. The highest BCUT2D eigenvalue weighted by atomic mass is 35.5. The van der Waals surface area contributed by atoms with Gasteiger partial charge in [-0.15, -0.1) is 23.2 Å². The van der Waals surface area contributed by atoms with E-state index >= 15 is 0 Å². The van der Waals surface area contributed by atoms with Gasteiger partial charge in [0.25, 0.3) is 0 Å². The first kappa shape index (κ1) is 9.14. The number of amidine groups is 1. The number of hydrogen-bond donors (Lipinski definition) is 1. The van der Waals surface area contributed by atoms with Crippen molar-refractivity contribution in [2.45, 2.75) is 13.0 Å². The van der Waals surface area contributed by atoms with Crippen LogP contribution in [0.15, 0.2) is 4.99 Å². The van der Waals surface area contributed by atoms with Gasteiger partial charge in [-0.3, -0.25) is 4.99 Å². The second-order valence-electron chi connectivity index (χ2n) is 2.78. The van der Waals surface area contributed by atoms with Crippen molar-refractivity contribution in [3.8, 4) is 0 Å². The fourth-order valence-electron chi connectivity index (χ4n) is 1.01. The van der Waals surface area contributed by atoms with Crippen LogP contribution in [0.5, 0.6) is 0 Å². The summed E-state index contributed by atoms with van der Waals surface area (Å²) in [6.07, 6.45) is 0. The van der Waals surface area contributed by atoms with Crippen molar-refractivity contribution in [3.63, 3.8) is 0 Å². The normalized spacial score (nSPS) is 23.6. The van der Waals surface area contributed by atoms with E-state index in [1.807, 2.05) is 0 Å². The maximum Gasteiger partial charge on any atom is 0.102 e. The summed E-state index contributed by atoms with van der Waals surface area (Å²) in [5.41, 5.74) is 0. The second-order valence-corrected chi connectivity index (χ2v) is 3.39. The van der Waals surface area contributed by atoms with Crippen LogP contribution in [0, 0.1) is 5.92 Å². The van der Waals surface area contributed by atoms with Gasteiger partial charge in [-0.1, -0.05) is 0 Å². The third-order valence-electron chi connectivity index (χ3n) is 1.69. The van der Waals surface area contributed by atoms with Gasteiger partial charge in [0.05, 0.1) is 6.54 Å². The third kappa shape index (κ3) is 2.24. The third-order valence-corrected chi connectivity index (χ3v) is 2.43. The SMILES string of the molecule is CC1CN=C(C(CCl)CCl)N1. The molecule has 2 nitrogen and oxygen atoms in total. The van der Waals surface area contributed by atoms with Crippen molar-refractivity contribution in [1.82, 2.24) is 5.32 Å². The number of halogens is 2. The minimum Gasteiger partial charge on any atom is -0.369 e. The van der Waals surface area contributed by atoms with Crippen LogP contribution in [0.3, 0.4) is 0 Å². The maximum atomic E-state index is 5.69. The van der Waals surface area contributed by atoms with Crippen LogP contribution < -0.4 is 5.32 Å². The summed E-state index contributed by atoms with van der Waals surface area (Å²) < 4.78 is 0. The highest BCUT2D eigenvalue weighted by molar-refractivity contribution is 6.23. The Kier molecular flexibility index (Phi) is 3.46. The van der Waals surface area contributed by atoms with Gasteiger partial charge in [0.1, 0.15) is 5.84 Å². The van der Waals surface area contributed by atoms with Gasteiger partial charge in [0.15, 0.2) is 0 Å². The first-order valence-electron chi connectivity index (χ1n) is 3.70. The zero-order chi connectivity index (χ0) is 8.27. The molecule has 1 aliphatic heterocycles. The predicted octanol–water partition coefficient (Wildman–Crippen LogP) is 1.47. The number of nitrogens with zero attached hydrogens (tertiary/aromatic N) is 1. The van der Waals surface area contributed by atoms with Gasteiger partial charge < -0.3 is 5.32 Å². The van der Waals surface area contributed by atoms with Crippen LogP contribution in [-0.2, 0) is 0 Å². The van der Waals surface area contributed by atoms with Crippen molar-refractivity contribution < 1.29 is 0 Å². The average molecular weight is 195 g/mol. The van der Waals surface area contributed by atoms with E-state index in [1.165, 1.54) is 0 Å². The smallest absolute Gasteiger partial charge is 0.102 e. The molecule has 1 heterocycles. The van der Waals surface area contributed by atoms with Crippen molar-refractivity contribution in [2.75, 3.05) is 18.3 Å². The lowest BCUT2D eigenvalue weighted by Gasteiger charge is -2.12. The molecule has 0 fully saturated rings. The molecule has 1 aliphatic rings. The summed E-state index contributed by atoms with van der Waals surface area (Å²) in [6.45, 7) is 2.94. The number of aliphatic imine (C=N–C) groups is 1. The zero-order valence-corrected chi connectivity index (χ0v) is 7.99. The monoisotopic (exact) mass is 194 g/mol. The van der Waals surface area contributed by atoms with E-state index in [9.17, 15) is 0 Å². The lowest BCUT2D eigenvalue weighted by Crippen LogP contribution is -2.33. The van der Waals surface area contributed by atoms with E-state index in [0.717, 1.165) is 12.4 Å². The summed E-state index contributed by atoms with van der Waals surface area (Å²) in [4.78, 5) is 4.30. The molecule has 0 bridgehead atoms. The van der Waals surface area contributed by atoms with Crippen LogP contribution in [0.2, 0.25) is 0 Å². The summed E-state index contributed by atoms with van der Waals surface area (Å²) in [7, 11) is 0. The molecular weight excluding hydrogens is 183 g/mol. The van der Waals surface area contributed by atoms with E-state index in [4.69, 9.17) is 23.2 Å². The largest absolute Gasteiger partial charge is 0.369 e. The first-order valence-corrected chi connectivity index (χ1v) is 4.77. The zero-order valence-electron chi connectivity index (χ0n) is 6.48. The Hall–Kier alpha value is 0.0500. The number of nitrogens with one attached hydrogen (secondary N) is 1. The van der Waals surface area contributed by atoms with E-state index in [-0.39, 0.29) is 5.92 Å². The highest BCUT2D eigenvalue weighted by Crippen LogP contribution is 2.08. The van der Waals surface area contributed by atoms with Crippen molar-refractivity contribution in [1.29, 1.82) is 0 Å². The minimum atomic E-state index is 0.197. The molecule has 0 aromatic carbocycles. The average Bonchev–Trinajstić information content (AvgIpc) is 2.39. The molecule has 64 valence electrons. The molecule has 0 radical (unpaired) electrons. The van der Waals surface area contributed by atoms with E-state index in [0.29, 0.717) is 17.8 Å². The summed E-state index contributed by atoms with van der Waals surface area (Å²) in [5.74, 6) is 2.26. The van der Waals surface area contributed by atoms with Crippen LogP contribution in [-0.4, -0.2) is 30.2 Å². The van der Waals surface area contributed by atoms with Gasteiger partial charge in [-0.2, -0.15) is 0 Å². The molecule has 0 aliphatic carbocycles. The Balaban J connectivity index is 2.46. The Morgan fingerprint density at radius 1 is 1.64 bits per heavy atom. The number of rotatable bonds is 3. The lowest BCUT2D eigenvalue weighted by molar-refractivity contribution is 0.710. The molecule has 11 heavy (non-hydrogen) atoms. The van der Waals surface area contributed by atoms with Gasteiger partial charge in [0, 0.05) is 23.7 Å². The van der Waals surface area contributed by atoms with E-state index < -0.39 is 0 Å². The Morgan fingerprint density at radius 3 is 2.64 bits per heavy atom. The Morgan fingerprint density at radius 2 is 2.27 bits per heavy atom. The summed E-state index contributed by atoms with van der Waals surface area (Å²) in [5, 5.41) is 3.24. The number of alkyl halides is 2. The van der Waals surface area contributed by atoms with E-state index in [2.05, 4.69) is 17.2 Å². The van der Waals surface area contributed by atoms with Gasteiger partial charge >= 0.3 is 0 Å². The summed E-state index contributed by atoms with van der Waals surface area (Å²) in [6, 6.07) is 0.443. The fourth-order valence-corrected chi connectivity index (χ4v) is 1.64. The molecule has 0 saturated carbocycles. The fraction of sp³-hybridized carbons (Fsp3) is 0.857. The molecule has 0 saturated heterocycles. The molecule has 0 aromatic rings. The Labute approximate surface area is 77.0 Å². The molecule has 1 unspecified atom stereocenters. The second kappa shape index (κ2) is 4.17. The minimum absolute atomic E-state index is 0.197. The van der Waals surface area contributed by atoms with Gasteiger partial charge in [-0.05, 0) is 6.92 Å². The standard InChI is InChI=1S/C7H12Cl2N2/c1-5-4-10-7(11-5)6(2-8)3-9/h5-6H,2-4H2,1H3,(H,10,11). The predicted molar refractivity (Wildman–Crippen MR) is 49.8 cm³/mol. The molecule has 4 heteroatoms. The van der Waals surface area contributed by atoms with Crippen LogP contribution in [0.1, 0.15) is 6.92 Å². The van der Waals surface area contributed by atoms with Crippen molar-refractivity contribution >= 4 is 29.0 Å². The number of hydrogen-bond acceptors (Lipinski definition) is 2. The molecule has 1 rings (SSSR count). The molecule has 0 aromatic heterocycles. The van der Waals surface area contributed by atoms with E-state index in [1.54, 1.807) is 0 Å². The van der Waals surface area contributed by atoms with Crippen molar-refractivity contribution in [2.24, 2.45) is 10.9 Å². The van der Waals surface area contributed by atoms with Crippen LogP contribution in [0.25, 0.3) is 0 Å². The first-order chi connectivity index (χ1) is 5.27. The van der Waals surface area contributed by atoms with Gasteiger partial charge in [0.2, 0.25) is 0 Å². The van der Waals surface area contributed by atoms with Crippen LogP contribution in [0.4, 0.5) is 0 Å². The van der Waals surface area contributed by atoms with Gasteiger partial charge in [-0.25, -0.2) is 0 Å². The molecule has 1 atom stereocenters. The van der Waals surface area contributed by atoms with Crippen LogP contribution >= 0.6 is 23.2 Å². The van der Waals surface area contributed by atoms with Crippen molar-refractivity contribution in [3.05, 3.63) is 0 Å². The Bertz CT molecular complexity index is 155. The highest BCUT2D eigenvalue weighted by Gasteiger charge is 2.20. The lowest BCUT2D eigenvalue weighted by atomic mass is 10.2. The maximum absolute atomic E-state index is 5.69. The molecular formula is C7H12Cl2N2.